The maximum absolute atomic E-state index is 13.0. The van der Waals surface area contributed by atoms with Crippen LogP contribution < -0.4 is 20.8 Å². The first-order valence-electron chi connectivity index (χ1n) is 9.99. The molecule has 0 fully saturated rings. The number of nitrogens with one attached hydrogen (secondary N) is 3. The highest BCUT2D eigenvalue weighted by Crippen LogP contribution is 2.25. The highest BCUT2D eigenvalue weighted by molar-refractivity contribution is 6.42. The van der Waals surface area contributed by atoms with Gasteiger partial charge >= 0.3 is 11.8 Å². The number of ether oxygens (including phenoxy) is 1. The first-order valence-corrected chi connectivity index (χ1v) is 10.7. The van der Waals surface area contributed by atoms with Gasteiger partial charge in [0.25, 0.3) is 5.91 Å². The maximum Gasteiger partial charge on any atom is 0.328 e. The number of amides is 3. The van der Waals surface area contributed by atoms with Gasteiger partial charge in [0.1, 0.15) is 11.4 Å². The molecular weight excluding hydrogens is 479 g/mol. The number of methoxy groups -OCH3 is 1. The van der Waals surface area contributed by atoms with Crippen LogP contribution in [0.4, 0.5) is 11.4 Å². The summed E-state index contributed by atoms with van der Waals surface area (Å²) in [6.07, 6.45) is 0. The van der Waals surface area contributed by atoms with Gasteiger partial charge in [-0.2, -0.15) is 0 Å². The fourth-order valence-corrected chi connectivity index (χ4v) is 3.59. The summed E-state index contributed by atoms with van der Waals surface area (Å²) in [6.45, 7) is 0. The monoisotopic (exact) mass is 496 g/mol. The zero-order chi connectivity index (χ0) is 24.2. The molecule has 0 atom stereocenters. The lowest BCUT2D eigenvalue weighted by molar-refractivity contribution is -0.133. The van der Waals surface area contributed by atoms with E-state index >= 15 is 0 Å². The molecule has 1 aromatic heterocycles. The van der Waals surface area contributed by atoms with Crippen LogP contribution in [0.3, 0.4) is 0 Å². The minimum Gasteiger partial charge on any atom is -0.495 e. The highest BCUT2D eigenvalue weighted by Gasteiger charge is 2.22. The van der Waals surface area contributed by atoms with Gasteiger partial charge in [0.15, 0.2) is 0 Å². The number of benzene rings is 3. The number of hydrogen-bond donors (Lipinski definition) is 3. The van der Waals surface area contributed by atoms with Crippen LogP contribution in [0.15, 0.2) is 72.8 Å². The molecule has 3 amide bonds. The van der Waals surface area contributed by atoms with Crippen molar-refractivity contribution in [3.8, 4) is 5.75 Å². The zero-order valence-electron chi connectivity index (χ0n) is 17.8. The van der Waals surface area contributed by atoms with E-state index < -0.39 is 17.7 Å². The van der Waals surface area contributed by atoms with Crippen molar-refractivity contribution in [3.63, 3.8) is 0 Å². The molecule has 4 aromatic rings. The Morgan fingerprint density at radius 2 is 1.53 bits per heavy atom. The predicted octanol–water partition coefficient (Wildman–Crippen LogP) is 4.92. The molecule has 0 aliphatic heterocycles. The van der Waals surface area contributed by atoms with E-state index in [1.165, 1.54) is 11.8 Å². The second-order valence-corrected chi connectivity index (χ2v) is 8.00. The van der Waals surface area contributed by atoms with Crippen molar-refractivity contribution in [2.75, 3.05) is 23.2 Å². The van der Waals surface area contributed by atoms with Gasteiger partial charge in [0.2, 0.25) is 0 Å². The summed E-state index contributed by atoms with van der Waals surface area (Å²) in [5.74, 6) is -2.05. The molecule has 0 saturated heterocycles. The lowest BCUT2D eigenvalue weighted by Crippen LogP contribution is -2.36. The largest absolute Gasteiger partial charge is 0.495 e. The molecule has 172 valence electrons. The minimum absolute atomic E-state index is 0.0886. The molecule has 8 nitrogen and oxygen atoms in total. The Hall–Kier alpha value is -4.01. The van der Waals surface area contributed by atoms with Crippen molar-refractivity contribution in [2.24, 2.45) is 0 Å². The molecule has 0 bridgehead atoms. The van der Waals surface area contributed by atoms with Gasteiger partial charge in [-0.15, -0.1) is 0 Å². The molecule has 0 unspecified atom stereocenters. The molecule has 0 aliphatic carbocycles. The van der Waals surface area contributed by atoms with Crippen LogP contribution in [-0.4, -0.2) is 29.5 Å². The summed E-state index contributed by atoms with van der Waals surface area (Å²) in [6, 6.07) is 19.7. The van der Waals surface area contributed by atoms with E-state index in [0.717, 1.165) is 0 Å². The van der Waals surface area contributed by atoms with Crippen molar-refractivity contribution < 1.29 is 19.1 Å². The average molecular weight is 497 g/mol. The van der Waals surface area contributed by atoms with Crippen LogP contribution >= 0.6 is 23.2 Å². The Balaban J connectivity index is 1.62. The molecule has 34 heavy (non-hydrogen) atoms. The first kappa shape index (κ1) is 23.2. The molecule has 4 rings (SSSR count). The summed E-state index contributed by atoms with van der Waals surface area (Å²) in [7, 11) is 1.45. The lowest BCUT2D eigenvalue weighted by Gasteiger charge is -2.13. The molecule has 0 aliphatic rings. The SMILES string of the molecule is COc1ccccc1NC(=O)C(=O)Nn1c(C(=O)Nc2ccc(Cl)cc2)cc2cc(Cl)ccc21. The van der Waals surface area contributed by atoms with Crippen molar-refractivity contribution in [1.29, 1.82) is 0 Å². The Kier molecular flexibility index (Phi) is 6.72. The van der Waals surface area contributed by atoms with Crippen LogP contribution in [0.1, 0.15) is 10.5 Å². The Morgan fingerprint density at radius 1 is 0.824 bits per heavy atom. The van der Waals surface area contributed by atoms with Gasteiger partial charge in [0.05, 0.1) is 18.3 Å². The van der Waals surface area contributed by atoms with Gasteiger partial charge in [0, 0.05) is 21.1 Å². The number of nitrogens with zero attached hydrogens (tertiary/aromatic N) is 1. The van der Waals surface area contributed by atoms with Gasteiger partial charge < -0.3 is 15.4 Å². The maximum atomic E-state index is 13.0. The fraction of sp³-hybridized carbons (Fsp3) is 0.0417. The topological polar surface area (TPSA) is 101 Å². The molecule has 3 aromatic carbocycles. The Morgan fingerprint density at radius 3 is 2.26 bits per heavy atom. The van der Waals surface area contributed by atoms with Crippen LogP contribution in [0.2, 0.25) is 10.0 Å². The molecule has 1 heterocycles. The van der Waals surface area contributed by atoms with E-state index in [9.17, 15) is 14.4 Å². The van der Waals surface area contributed by atoms with Crippen molar-refractivity contribution in [2.45, 2.75) is 0 Å². The van der Waals surface area contributed by atoms with Crippen molar-refractivity contribution in [3.05, 3.63) is 88.5 Å². The highest BCUT2D eigenvalue weighted by atomic mass is 35.5. The standard InChI is InChI=1S/C24H18Cl2N4O4/c1-34-21-5-3-2-4-18(21)28-23(32)24(33)29-30-19-11-8-16(26)12-14(19)13-20(30)22(31)27-17-9-6-15(25)7-10-17/h2-13H,1H3,(H,27,31)(H,28,32)(H,29,33). The number of rotatable bonds is 5. The minimum atomic E-state index is -0.987. The van der Waals surface area contributed by atoms with E-state index in [2.05, 4.69) is 16.1 Å². The molecule has 10 heteroatoms. The van der Waals surface area contributed by atoms with Gasteiger partial charge in [-0.3, -0.25) is 19.8 Å². The van der Waals surface area contributed by atoms with Crippen LogP contribution in [0.5, 0.6) is 5.75 Å². The van der Waals surface area contributed by atoms with Crippen LogP contribution in [-0.2, 0) is 9.59 Å². The summed E-state index contributed by atoms with van der Waals surface area (Å²) in [4.78, 5) is 38.3. The van der Waals surface area contributed by atoms with E-state index in [4.69, 9.17) is 27.9 Å². The van der Waals surface area contributed by atoms with Gasteiger partial charge in [-0.1, -0.05) is 35.3 Å². The summed E-state index contributed by atoms with van der Waals surface area (Å²) >= 11 is 12.0. The number of para-hydroxylation sites is 2. The van der Waals surface area contributed by atoms with E-state index in [1.807, 2.05) is 0 Å². The van der Waals surface area contributed by atoms with Crippen molar-refractivity contribution >= 4 is 63.2 Å². The molecule has 0 spiro atoms. The fourth-order valence-electron chi connectivity index (χ4n) is 3.28. The molecule has 3 N–H and O–H groups in total. The zero-order valence-corrected chi connectivity index (χ0v) is 19.3. The average Bonchev–Trinajstić information content (AvgIpc) is 3.18. The van der Waals surface area contributed by atoms with E-state index in [1.54, 1.807) is 72.8 Å². The first-order chi connectivity index (χ1) is 16.4. The van der Waals surface area contributed by atoms with Crippen LogP contribution in [0.25, 0.3) is 10.9 Å². The third-order valence-corrected chi connectivity index (χ3v) is 5.36. The number of halogens is 2. The quantitative estimate of drug-likeness (QED) is 0.341. The van der Waals surface area contributed by atoms with Gasteiger partial charge in [-0.05, 0) is 60.7 Å². The van der Waals surface area contributed by atoms with Gasteiger partial charge in [-0.25, -0.2) is 4.68 Å². The normalized spacial score (nSPS) is 10.6. The number of carbonyl (C=O) groups is 3. The molecule has 0 saturated carbocycles. The molecule has 0 radical (unpaired) electrons. The smallest absolute Gasteiger partial charge is 0.328 e. The molecular formula is C24H18Cl2N4O4. The number of aromatic nitrogens is 1. The lowest BCUT2D eigenvalue weighted by atomic mass is 10.2. The Bertz CT molecular complexity index is 1400. The number of carbonyl (C=O) groups excluding carboxylic acids is 3. The summed E-state index contributed by atoms with van der Waals surface area (Å²) < 4.78 is 6.43. The second-order valence-electron chi connectivity index (χ2n) is 7.12. The second kappa shape index (κ2) is 9.86. The summed E-state index contributed by atoms with van der Waals surface area (Å²) in [5.41, 5.74) is 3.88. The van der Waals surface area contributed by atoms with Crippen molar-refractivity contribution in [1.82, 2.24) is 4.68 Å². The number of anilines is 2. The van der Waals surface area contributed by atoms with E-state index in [0.29, 0.717) is 38.1 Å². The Labute approximate surface area is 204 Å². The van der Waals surface area contributed by atoms with E-state index in [-0.39, 0.29) is 5.69 Å². The third kappa shape index (κ3) is 4.98. The number of fused-ring (bicyclic) bond motifs is 1. The van der Waals surface area contributed by atoms with Crippen LogP contribution in [0, 0.1) is 0 Å². The number of hydrogen-bond acceptors (Lipinski definition) is 4. The third-order valence-electron chi connectivity index (χ3n) is 4.87. The summed E-state index contributed by atoms with van der Waals surface area (Å²) in [5, 5.41) is 6.81. The predicted molar refractivity (Wildman–Crippen MR) is 132 cm³/mol.